The molecule has 2 rings (SSSR count). The summed E-state index contributed by atoms with van der Waals surface area (Å²) in [4.78, 5) is 16.7. The lowest BCUT2D eigenvalue weighted by atomic mass is 10.3. The first-order chi connectivity index (χ1) is 7.56. The Morgan fingerprint density at radius 2 is 2.38 bits per heavy atom. The summed E-state index contributed by atoms with van der Waals surface area (Å²) < 4.78 is 3.03. The molecule has 0 aromatic carbocycles. The Kier molecular flexibility index (Phi) is 3.47. The van der Waals surface area contributed by atoms with Crippen LogP contribution in [0.1, 0.15) is 10.4 Å². The van der Waals surface area contributed by atoms with Gasteiger partial charge in [0.1, 0.15) is 0 Å². The summed E-state index contributed by atoms with van der Waals surface area (Å²) in [5, 5.41) is 0. The van der Waals surface area contributed by atoms with Crippen LogP contribution in [0.3, 0.4) is 0 Å². The summed E-state index contributed by atoms with van der Waals surface area (Å²) in [6.07, 6.45) is 3.46. The van der Waals surface area contributed by atoms with Gasteiger partial charge < -0.3 is 4.57 Å². The second kappa shape index (κ2) is 4.69. The number of nitrogens with zero attached hydrogens (tertiary/aromatic N) is 2. The van der Waals surface area contributed by atoms with E-state index >= 15 is 0 Å². The van der Waals surface area contributed by atoms with Crippen LogP contribution in [0.5, 0.6) is 0 Å². The molecule has 0 atom stereocenters. The second-order valence-corrected chi connectivity index (χ2v) is 5.97. The molecule has 0 spiro atoms. The molecule has 0 fully saturated rings. The van der Waals surface area contributed by atoms with Gasteiger partial charge in [0.05, 0.1) is 6.54 Å². The molecule has 0 aliphatic rings. The van der Waals surface area contributed by atoms with Gasteiger partial charge in [-0.1, -0.05) is 11.6 Å². The Balaban J connectivity index is 2.38. The normalized spacial score (nSPS) is 10.7. The Hall–Kier alpha value is -0.650. The minimum Gasteiger partial charge on any atom is -0.309 e. The van der Waals surface area contributed by atoms with Gasteiger partial charge in [0.2, 0.25) is 0 Å². The van der Waals surface area contributed by atoms with Crippen LogP contribution in [0, 0.1) is 6.92 Å². The fraction of sp³-hybridized carbons (Fsp3) is 0.200. The molecule has 3 nitrogen and oxygen atoms in total. The van der Waals surface area contributed by atoms with Gasteiger partial charge in [0.15, 0.2) is 4.47 Å². The maximum atomic E-state index is 11.8. The molecule has 0 saturated carbocycles. The summed E-state index contributed by atoms with van der Waals surface area (Å²) >= 11 is 10.5. The van der Waals surface area contributed by atoms with Gasteiger partial charge >= 0.3 is 0 Å². The highest BCUT2D eigenvalue weighted by molar-refractivity contribution is 9.10. The van der Waals surface area contributed by atoms with Gasteiger partial charge in [-0.25, -0.2) is 4.98 Å². The minimum absolute atomic E-state index is 0.00715. The van der Waals surface area contributed by atoms with E-state index in [9.17, 15) is 4.79 Å². The van der Waals surface area contributed by atoms with Gasteiger partial charge in [-0.15, -0.1) is 11.3 Å². The van der Waals surface area contributed by atoms with Crippen LogP contribution in [0.25, 0.3) is 0 Å². The molecule has 0 bridgehead atoms. The quantitative estimate of drug-likeness (QED) is 0.852. The van der Waals surface area contributed by atoms with Crippen molar-refractivity contribution in [1.29, 1.82) is 0 Å². The van der Waals surface area contributed by atoms with Crippen molar-refractivity contribution in [2.24, 2.45) is 0 Å². The Morgan fingerprint density at radius 3 is 3.00 bits per heavy atom. The monoisotopic (exact) mass is 318 g/mol. The van der Waals surface area contributed by atoms with E-state index in [1.807, 2.05) is 0 Å². The highest BCUT2D eigenvalue weighted by atomic mass is 79.9. The third-order valence-electron chi connectivity index (χ3n) is 2.08. The summed E-state index contributed by atoms with van der Waals surface area (Å²) in [6, 6.07) is 1.80. The molecule has 2 heterocycles. The third-order valence-corrected chi connectivity index (χ3v) is 3.62. The summed E-state index contributed by atoms with van der Waals surface area (Å²) in [7, 11) is 0. The molecule has 0 unspecified atom stereocenters. The summed E-state index contributed by atoms with van der Waals surface area (Å²) in [5.74, 6) is 0. The van der Waals surface area contributed by atoms with Crippen LogP contribution in [0.2, 0.25) is 4.47 Å². The van der Waals surface area contributed by atoms with Gasteiger partial charge in [0, 0.05) is 27.3 Å². The zero-order valence-electron chi connectivity index (χ0n) is 8.41. The Bertz CT molecular complexity index is 578. The van der Waals surface area contributed by atoms with Crippen LogP contribution >= 0.6 is 38.9 Å². The van der Waals surface area contributed by atoms with E-state index in [1.165, 1.54) is 11.3 Å². The molecule has 0 saturated heterocycles. The van der Waals surface area contributed by atoms with E-state index in [0.717, 1.165) is 9.35 Å². The Morgan fingerprint density at radius 1 is 1.62 bits per heavy atom. The SMILES string of the molecule is Cc1cc(Br)cn(Cc2cnc(Cl)s2)c1=O. The number of thiazole rings is 1. The predicted octanol–water partition coefficient (Wildman–Crippen LogP) is 3.08. The lowest BCUT2D eigenvalue weighted by Crippen LogP contribution is -2.21. The van der Waals surface area contributed by atoms with Crippen LogP contribution < -0.4 is 5.56 Å². The van der Waals surface area contributed by atoms with Crippen molar-refractivity contribution in [3.8, 4) is 0 Å². The van der Waals surface area contributed by atoms with E-state index in [2.05, 4.69) is 20.9 Å². The van der Waals surface area contributed by atoms with Crippen molar-refractivity contribution in [2.45, 2.75) is 13.5 Å². The first kappa shape index (κ1) is 11.8. The van der Waals surface area contributed by atoms with Gasteiger partial charge in [-0.05, 0) is 28.9 Å². The molecular formula is C10H8BrClN2OS. The lowest BCUT2D eigenvalue weighted by Gasteiger charge is -2.05. The molecule has 84 valence electrons. The molecule has 0 radical (unpaired) electrons. The lowest BCUT2D eigenvalue weighted by molar-refractivity contribution is 0.757. The minimum atomic E-state index is 0.00715. The number of pyridine rings is 1. The molecule has 0 amide bonds. The van der Waals surface area contributed by atoms with E-state index in [1.54, 1.807) is 30.0 Å². The number of hydrogen-bond acceptors (Lipinski definition) is 3. The smallest absolute Gasteiger partial charge is 0.253 e. The van der Waals surface area contributed by atoms with Crippen molar-refractivity contribution in [2.75, 3.05) is 0 Å². The second-order valence-electron chi connectivity index (χ2n) is 3.35. The predicted molar refractivity (Wildman–Crippen MR) is 69.4 cm³/mol. The maximum absolute atomic E-state index is 11.8. The number of halogens is 2. The molecule has 6 heteroatoms. The van der Waals surface area contributed by atoms with Crippen LogP contribution in [-0.4, -0.2) is 9.55 Å². The molecule has 2 aromatic rings. The summed E-state index contributed by atoms with van der Waals surface area (Å²) in [6.45, 7) is 2.30. The molecule has 16 heavy (non-hydrogen) atoms. The Labute approximate surface area is 110 Å². The molecule has 2 aromatic heterocycles. The average molecular weight is 320 g/mol. The maximum Gasteiger partial charge on any atom is 0.253 e. The van der Waals surface area contributed by atoms with Crippen molar-refractivity contribution in [1.82, 2.24) is 9.55 Å². The molecular weight excluding hydrogens is 312 g/mol. The average Bonchev–Trinajstić information content (AvgIpc) is 2.60. The summed E-state index contributed by atoms with van der Waals surface area (Å²) in [5.41, 5.74) is 0.720. The molecule has 0 aliphatic heterocycles. The zero-order valence-corrected chi connectivity index (χ0v) is 11.6. The van der Waals surface area contributed by atoms with E-state index in [0.29, 0.717) is 16.6 Å². The highest BCUT2D eigenvalue weighted by Crippen LogP contribution is 2.18. The fourth-order valence-corrected chi connectivity index (χ4v) is 2.95. The number of rotatable bonds is 2. The largest absolute Gasteiger partial charge is 0.309 e. The standard InChI is InChI=1S/C10H8BrClN2OS/c1-6-2-7(11)4-14(9(6)15)5-8-3-13-10(12)16-8/h2-4H,5H2,1H3. The zero-order chi connectivity index (χ0) is 11.7. The van der Waals surface area contributed by atoms with E-state index in [4.69, 9.17) is 11.6 Å². The number of aromatic nitrogens is 2. The van der Waals surface area contributed by atoms with Crippen LogP contribution in [-0.2, 0) is 6.54 Å². The molecule has 0 aliphatic carbocycles. The number of hydrogen-bond donors (Lipinski definition) is 0. The van der Waals surface area contributed by atoms with Gasteiger partial charge in [0.25, 0.3) is 5.56 Å². The van der Waals surface area contributed by atoms with Crippen molar-refractivity contribution >= 4 is 38.9 Å². The van der Waals surface area contributed by atoms with Crippen molar-refractivity contribution in [3.05, 3.63) is 48.2 Å². The number of aryl methyl sites for hydroxylation is 1. The van der Waals surface area contributed by atoms with Gasteiger partial charge in [-0.3, -0.25) is 4.79 Å². The van der Waals surface area contributed by atoms with Crippen molar-refractivity contribution < 1.29 is 0 Å². The highest BCUT2D eigenvalue weighted by Gasteiger charge is 2.05. The first-order valence-corrected chi connectivity index (χ1v) is 6.52. The van der Waals surface area contributed by atoms with Crippen LogP contribution in [0.15, 0.2) is 27.7 Å². The molecule has 0 N–H and O–H groups in total. The van der Waals surface area contributed by atoms with Gasteiger partial charge in [-0.2, -0.15) is 0 Å². The van der Waals surface area contributed by atoms with Crippen molar-refractivity contribution in [3.63, 3.8) is 0 Å². The van der Waals surface area contributed by atoms with Crippen LogP contribution in [0.4, 0.5) is 0 Å². The van der Waals surface area contributed by atoms with E-state index < -0.39 is 0 Å². The fourth-order valence-electron chi connectivity index (χ4n) is 1.38. The van der Waals surface area contributed by atoms with E-state index in [-0.39, 0.29) is 5.56 Å². The third kappa shape index (κ3) is 2.53. The first-order valence-electron chi connectivity index (χ1n) is 4.53. The topological polar surface area (TPSA) is 34.9 Å².